The first kappa shape index (κ1) is 28.6. The fourth-order valence-electron chi connectivity index (χ4n) is 9.75. The van der Waals surface area contributed by atoms with Crippen molar-refractivity contribution in [3.63, 3.8) is 0 Å². The molecule has 1 N–H and O–H groups in total. The van der Waals surface area contributed by atoms with Crippen molar-refractivity contribution in [1.82, 2.24) is 0 Å². The Morgan fingerprint density at radius 3 is 2.59 bits per heavy atom. The molecular formula is C35H52O4. The van der Waals surface area contributed by atoms with Crippen molar-refractivity contribution in [1.29, 1.82) is 0 Å². The third-order valence-electron chi connectivity index (χ3n) is 11.9. The van der Waals surface area contributed by atoms with Crippen LogP contribution in [0.1, 0.15) is 105 Å². The van der Waals surface area contributed by atoms with Crippen LogP contribution in [-0.2, 0) is 4.74 Å². The molecule has 216 valence electrons. The first-order chi connectivity index (χ1) is 18.6. The average molecular weight is 537 g/mol. The third kappa shape index (κ3) is 5.64. The summed E-state index contributed by atoms with van der Waals surface area (Å²) in [4.78, 5) is 12.3. The van der Waals surface area contributed by atoms with Crippen LogP contribution < -0.4 is 4.74 Å². The van der Waals surface area contributed by atoms with Gasteiger partial charge in [-0.2, -0.15) is 0 Å². The molecule has 3 unspecified atom stereocenters. The highest BCUT2D eigenvalue weighted by atomic mass is 16.7. The topological polar surface area (TPSA) is 55.8 Å². The Hall–Kier alpha value is -1.97. The maximum Gasteiger partial charge on any atom is 0.513 e. The number of carbonyl (C=O) groups is 1. The molecule has 4 heteroatoms. The van der Waals surface area contributed by atoms with Crippen LogP contribution in [0.25, 0.3) is 0 Å². The summed E-state index contributed by atoms with van der Waals surface area (Å²) in [6.07, 6.45) is 16.3. The zero-order chi connectivity index (χ0) is 27.8. The number of phenols is 1. The highest BCUT2D eigenvalue weighted by Crippen LogP contribution is 2.67. The van der Waals surface area contributed by atoms with Gasteiger partial charge in [0, 0.05) is 0 Å². The molecule has 8 atom stereocenters. The molecule has 0 bridgehead atoms. The molecule has 0 radical (unpaired) electrons. The average Bonchev–Trinajstić information content (AvgIpc) is 3.26. The van der Waals surface area contributed by atoms with Gasteiger partial charge < -0.3 is 14.6 Å². The summed E-state index contributed by atoms with van der Waals surface area (Å²) in [6.45, 7) is 12.9. The Bertz CT molecular complexity index is 1040. The smallest absolute Gasteiger partial charge is 0.504 e. The number of phenolic OH excluding ortho intramolecular Hbond substituents is 1. The lowest BCUT2D eigenvalue weighted by molar-refractivity contribution is -0.0544. The van der Waals surface area contributed by atoms with Crippen LogP contribution in [-0.4, -0.2) is 17.9 Å². The van der Waals surface area contributed by atoms with Crippen LogP contribution in [0.2, 0.25) is 0 Å². The summed E-state index contributed by atoms with van der Waals surface area (Å²) in [5.41, 5.74) is 2.45. The molecule has 0 amide bonds. The summed E-state index contributed by atoms with van der Waals surface area (Å²) in [5, 5.41) is 9.86. The molecule has 0 aromatic heterocycles. The summed E-state index contributed by atoms with van der Waals surface area (Å²) < 4.78 is 10.7. The van der Waals surface area contributed by atoms with E-state index in [1.165, 1.54) is 63.9 Å². The van der Waals surface area contributed by atoms with E-state index in [4.69, 9.17) is 9.47 Å². The number of benzene rings is 1. The van der Waals surface area contributed by atoms with E-state index < -0.39 is 6.16 Å². The normalized spacial score (nSPS) is 36.4. The fraction of sp³-hybridized carbons (Fsp3) is 0.743. The molecule has 39 heavy (non-hydrogen) atoms. The Morgan fingerprint density at radius 2 is 1.82 bits per heavy atom. The number of hydrogen-bond donors (Lipinski definition) is 1. The van der Waals surface area contributed by atoms with Gasteiger partial charge in [-0.3, -0.25) is 0 Å². The number of ether oxygens (including phenoxy) is 2. The van der Waals surface area contributed by atoms with Gasteiger partial charge in [0.15, 0.2) is 11.5 Å². The summed E-state index contributed by atoms with van der Waals surface area (Å²) in [7, 11) is 0. The Morgan fingerprint density at radius 1 is 1.03 bits per heavy atom. The molecule has 1 aromatic carbocycles. The second-order valence-corrected chi connectivity index (χ2v) is 14.5. The first-order valence-corrected chi connectivity index (χ1v) is 15.9. The molecular weight excluding hydrogens is 484 g/mol. The largest absolute Gasteiger partial charge is 0.513 e. The maximum absolute atomic E-state index is 12.3. The van der Waals surface area contributed by atoms with Crippen molar-refractivity contribution in [3.05, 3.63) is 35.9 Å². The number of fused-ring (bicyclic) bond motifs is 5. The molecule has 3 saturated carbocycles. The van der Waals surface area contributed by atoms with E-state index in [1.54, 1.807) is 23.8 Å². The number of aromatic hydroxyl groups is 1. The highest BCUT2D eigenvalue weighted by Gasteiger charge is 2.59. The Kier molecular flexibility index (Phi) is 8.41. The number of rotatable bonds is 8. The predicted octanol–water partition coefficient (Wildman–Crippen LogP) is 9.57. The SMILES string of the molecule is CC(C)CCC[C@@H](C)[C@H]1CCC2C3CC=C4C[C@@H](COC(=O)Oc5ccccc5O)CC[C@]4(C)C3CC[C@@]21C. The molecule has 5 rings (SSSR count). The second kappa shape index (κ2) is 11.5. The quantitative estimate of drug-likeness (QED) is 0.204. The van der Waals surface area contributed by atoms with Gasteiger partial charge in [-0.05, 0) is 116 Å². The lowest BCUT2D eigenvalue weighted by Crippen LogP contribution is -2.50. The maximum atomic E-state index is 12.3. The zero-order valence-electron chi connectivity index (χ0n) is 25.1. The minimum atomic E-state index is -0.733. The predicted molar refractivity (Wildman–Crippen MR) is 157 cm³/mol. The Balaban J connectivity index is 1.19. The fourth-order valence-corrected chi connectivity index (χ4v) is 9.75. The molecule has 0 spiro atoms. The number of para-hydroxylation sites is 2. The van der Waals surface area contributed by atoms with Gasteiger partial charge in [0.2, 0.25) is 0 Å². The van der Waals surface area contributed by atoms with Crippen molar-refractivity contribution in [3.8, 4) is 11.5 Å². The first-order valence-electron chi connectivity index (χ1n) is 15.9. The lowest BCUT2D eigenvalue weighted by atomic mass is 9.46. The highest BCUT2D eigenvalue weighted by molar-refractivity contribution is 5.65. The van der Waals surface area contributed by atoms with Crippen molar-refractivity contribution in [2.75, 3.05) is 6.61 Å². The van der Waals surface area contributed by atoms with Crippen LogP contribution in [0.4, 0.5) is 4.79 Å². The number of carbonyl (C=O) groups excluding carboxylic acids is 1. The van der Waals surface area contributed by atoms with Crippen molar-refractivity contribution in [2.45, 2.75) is 105 Å². The molecule has 4 nitrogen and oxygen atoms in total. The van der Waals surface area contributed by atoms with Crippen molar-refractivity contribution in [2.24, 2.45) is 52.3 Å². The molecule has 0 aliphatic heterocycles. The standard InChI is InChI=1S/C35H52O4/c1-23(2)9-8-10-24(3)28-15-16-29-27-14-13-26-21-25(17-19-34(26,4)30(27)18-20-35(28,29)5)22-38-33(37)39-32-12-7-6-11-31(32)36/h6-7,11-13,23-25,27-30,36H,8-10,14-22H2,1-5H3/t24-,25+,27?,28-,29?,30?,34+,35-/m1/s1. The van der Waals surface area contributed by atoms with E-state index in [0.29, 0.717) is 23.4 Å². The van der Waals surface area contributed by atoms with E-state index in [9.17, 15) is 9.90 Å². The second-order valence-electron chi connectivity index (χ2n) is 14.5. The van der Waals surface area contributed by atoms with Gasteiger partial charge in [0.1, 0.15) is 0 Å². The van der Waals surface area contributed by atoms with E-state index in [0.717, 1.165) is 48.3 Å². The van der Waals surface area contributed by atoms with Gasteiger partial charge in [-0.1, -0.05) is 77.7 Å². The molecule has 3 fully saturated rings. The van der Waals surface area contributed by atoms with Gasteiger partial charge >= 0.3 is 6.16 Å². The molecule has 4 aliphatic carbocycles. The summed E-state index contributed by atoms with van der Waals surface area (Å²) in [5.74, 6) is 5.54. The Labute approximate surface area is 236 Å². The number of hydrogen-bond acceptors (Lipinski definition) is 4. The van der Waals surface area contributed by atoms with E-state index >= 15 is 0 Å². The monoisotopic (exact) mass is 536 g/mol. The van der Waals surface area contributed by atoms with Gasteiger partial charge in [-0.15, -0.1) is 0 Å². The van der Waals surface area contributed by atoms with E-state index in [2.05, 4.69) is 40.7 Å². The molecule has 4 aliphatic rings. The van der Waals surface area contributed by atoms with E-state index in [1.807, 2.05) is 0 Å². The van der Waals surface area contributed by atoms with Crippen molar-refractivity contribution >= 4 is 6.16 Å². The zero-order valence-corrected chi connectivity index (χ0v) is 25.1. The lowest BCUT2D eigenvalue weighted by Gasteiger charge is -2.58. The summed E-state index contributed by atoms with van der Waals surface area (Å²) >= 11 is 0. The molecule has 0 heterocycles. The van der Waals surface area contributed by atoms with Crippen LogP contribution >= 0.6 is 0 Å². The van der Waals surface area contributed by atoms with E-state index in [-0.39, 0.29) is 11.5 Å². The molecule has 0 saturated heterocycles. The number of allylic oxidation sites excluding steroid dienone is 2. The van der Waals surface area contributed by atoms with Gasteiger partial charge in [0.25, 0.3) is 0 Å². The van der Waals surface area contributed by atoms with Crippen molar-refractivity contribution < 1.29 is 19.4 Å². The minimum Gasteiger partial charge on any atom is -0.504 e. The van der Waals surface area contributed by atoms with Gasteiger partial charge in [0.05, 0.1) is 6.61 Å². The summed E-state index contributed by atoms with van der Waals surface area (Å²) in [6, 6.07) is 6.49. The van der Waals surface area contributed by atoms with Crippen LogP contribution in [0.3, 0.4) is 0 Å². The van der Waals surface area contributed by atoms with Crippen LogP contribution in [0.5, 0.6) is 11.5 Å². The minimum absolute atomic E-state index is 0.0532. The van der Waals surface area contributed by atoms with Gasteiger partial charge in [-0.25, -0.2) is 4.79 Å². The van der Waals surface area contributed by atoms with Crippen LogP contribution in [0, 0.1) is 52.3 Å². The molecule has 1 aromatic rings. The van der Waals surface area contributed by atoms with Crippen LogP contribution in [0.15, 0.2) is 35.9 Å². The third-order valence-corrected chi connectivity index (χ3v) is 11.9.